The van der Waals surface area contributed by atoms with E-state index >= 15 is 0 Å². The average Bonchev–Trinajstić information content (AvgIpc) is 2.80. The Morgan fingerprint density at radius 3 is 2.75 bits per heavy atom. The highest BCUT2D eigenvalue weighted by Gasteiger charge is 2.35. The summed E-state index contributed by atoms with van der Waals surface area (Å²) in [6.45, 7) is 0.163. The number of amides is 1. The van der Waals surface area contributed by atoms with Crippen LogP contribution in [0.15, 0.2) is 39.5 Å². The third-order valence-corrected chi connectivity index (χ3v) is 3.39. The number of benzene rings is 1. The van der Waals surface area contributed by atoms with E-state index in [9.17, 15) is 14.4 Å². The van der Waals surface area contributed by atoms with Crippen LogP contribution in [-0.2, 0) is 9.59 Å². The fraction of sp³-hybridized carbons (Fsp3) is 0.214. The predicted octanol–water partition coefficient (Wildman–Crippen LogP) is 1.23. The van der Waals surface area contributed by atoms with Gasteiger partial charge < -0.3 is 14.4 Å². The van der Waals surface area contributed by atoms with Gasteiger partial charge in [-0.25, -0.2) is 4.79 Å². The zero-order valence-electron chi connectivity index (χ0n) is 10.4. The van der Waals surface area contributed by atoms with Gasteiger partial charge in [-0.2, -0.15) is 0 Å². The van der Waals surface area contributed by atoms with Crippen molar-refractivity contribution in [2.24, 2.45) is 5.92 Å². The van der Waals surface area contributed by atoms with Crippen molar-refractivity contribution in [3.05, 3.63) is 40.8 Å². The summed E-state index contributed by atoms with van der Waals surface area (Å²) < 4.78 is 5.01. The molecule has 0 saturated carbocycles. The summed E-state index contributed by atoms with van der Waals surface area (Å²) in [6.07, 6.45) is 0.0112. The Morgan fingerprint density at radius 1 is 1.25 bits per heavy atom. The zero-order valence-corrected chi connectivity index (χ0v) is 10.4. The highest BCUT2D eigenvalue weighted by Crippen LogP contribution is 2.27. The van der Waals surface area contributed by atoms with Crippen LogP contribution >= 0.6 is 0 Å². The fourth-order valence-electron chi connectivity index (χ4n) is 2.35. The van der Waals surface area contributed by atoms with Crippen molar-refractivity contribution in [1.82, 2.24) is 0 Å². The van der Waals surface area contributed by atoms with Crippen molar-refractivity contribution in [3.8, 4) is 0 Å². The van der Waals surface area contributed by atoms with E-state index in [0.717, 1.165) is 0 Å². The molecule has 1 fully saturated rings. The Bertz CT molecular complexity index is 763. The van der Waals surface area contributed by atoms with Crippen molar-refractivity contribution >= 4 is 28.5 Å². The average molecular weight is 273 g/mol. The van der Waals surface area contributed by atoms with E-state index < -0.39 is 17.5 Å². The molecule has 6 nitrogen and oxygen atoms in total. The number of aliphatic carboxylic acids is 1. The minimum Gasteiger partial charge on any atom is -0.481 e. The number of carbonyl (C=O) groups excluding carboxylic acids is 1. The van der Waals surface area contributed by atoms with Crippen LogP contribution in [0.25, 0.3) is 11.0 Å². The molecule has 1 unspecified atom stereocenters. The highest BCUT2D eigenvalue weighted by atomic mass is 16.4. The summed E-state index contributed by atoms with van der Waals surface area (Å²) in [5, 5.41) is 9.66. The number of hydrogen-bond donors (Lipinski definition) is 1. The third-order valence-electron chi connectivity index (χ3n) is 3.39. The molecular formula is C14H11NO5. The summed E-state index contributed by atoms with van der Waals surface area (Å²) in [7, 11) is 0. The van der Waals surface area contributed by atoms with Gasteiger partial charge in [0.15, 0.2) is 0 Å². The second kappa shape index (κ2) is 4.48. The molecule has 6 heteroatoms. The van der Waals surface area contributed by atoms with E-state index in [4.69, 9.17) is 9.52 Å². The minimum atomic E-state index is -0.965. The first-order chi connectivity index (χ1) is 9.54. The van der Waals surface area contributed by atoms with Gasteiger partial charge in [-0.3, -0.25) is 9.59 Å². The third kappa shape index (κ3) is 2.05. The molecule has 2 aromatic rings. The molecule has 3 rings (SSSR count). The fourth-order valence-corrected chi connectivity index (χ4v) is 2.35. The van der Waals surface area contributed by atoms with Crippen molar-refractivity contribution < 1.29 is 19.1 Å². The van der Waals surface area contributed by atoms with E-state index in [1.807, 2.05) is 0 Å². The molecule has 1 aromatic heterocycles. The summed E-state index contributed by atoms with van der Waals surface area (Å²) >= 11 is 0. The molecule has 1 N–H and O–H groups in total. The van der Waals surface area contributed by atoms with Crippen molar-refractivity contribution in [2.45, 2.75) is 6.42 Å². The largest absolute Gasteiger partial charge is 0.481 e. The lowest BCUT2D eigenvalue weighted by molar-refractivity contribution is -0.141. The number of carbonyl (C=O) groups is 2. The first kappa shape index (κ1) is 12.4. The molecule has 20 heavy (non-hydrogen) atoms. The lowest BCUT2D eigenvalue weighted by Crippen LogP contribution is -2.25. The van der Waals surface area contributed by atoms with Crippen LogP contribution in [-0.4, -0.2) is 23.5 Å². The number of carboxylic acids is 1. The lowest BCUT2D eigenvalue weighted by atomic mass is 10.1. The summed E-state index contributed by atoms with van der Waals surface area (Å²) in [6, 6.07) is 7.87. The highest BCUT2D eigenvalue weighted by molar-refractivity contribution is 6.00. The molecule has 1 aromatic carbocycles. The summed E-state index contributed by atoms with van der Waals surface area (Å²) in [5.74, 6) is -1.85. The van der Waals surface area contributed by atoms with E-state index in [-0.39, 0.29) is 18.9 Å². The van der Waals surface area contributed by atoms with Crippen molar-refractivity contribution in [2.75, 3.05) is 11.4 Å². The predicted molar refractivity (Wildman–Crippen MR) is 70.6 cm³/mol. The Morgan fingerprint density at radius 2 is 2.05 bits per heavy atom. The van der Waals surface area contributed by atoms with Gasteiger partial charge in [-0.05, 0) is 24.3 Å². The lowest BCUT2D eigenvalue weighted by Gasteiger charge is -2.16. The molecule has 1 atom stereocenters. The van der Waals surface area contributed by atoms with Crippen LogP contribution < -0.4 is 10.5 Å². The number of anilines is 1. The molecule has 0 radical (unpaired) electrons. The van der Waals surface area contributed by atoms with Gasteiger partial charge in [0, 0.05) is 30.1 Å². The Balaban J connectivity index is 1.98. The Labute approximate surface area is 113 Å². The Hall–Kier alpha value is -2.63. The van der Waals surface area contributed by atoms with Gasteiger partial charge in [0.2, 0.25) is 5.91 Å². The van der Waals surface area contributed by atoms with Crippen LogP contribution in [0.1, 0.15) is 6.42 Å². The first-order valence-corrected chi connectivity index (χ1v) is 6.12. The summed E-state index contributed by atoms with van der Waals surface area (Å²) in [4.78, 5) is 35.4. The van der Waals surface area contributed by atoms with Crippen molar-refractivity contribution in [3.63, 3.8) is 0 Å². The summed E-state index contributed by atoms with van der Waals surface area (Å²) in [5.41, 5.74) is 0.608. The van der Waals surface area contributed by atoms with Crippen LogP contribution in [0.5, 0.6) is 0 Å². The number of rotatable bonds is 2. The van der Waals surface area contributed by atoms with Gasteiger partial charge >= 0.3 is 11.6 Å². The smallest absolute Gasteiger partial charge is 0.336 e. The molecule has 1 amide bonds. The minimum absolute atomic E-state index is 0.0112. The maximum Gasteiger partial charge on any atom is 0.336 e. The number of nitrogens with zero attached hydrogens (tertiary/aromatic N) is 1. The number of fused-ring (bicyclic) bond motifs is 1. The molecule has 0 bridgehead atoms. The number of carboxylic acid groups (broad SMARTS) is 1. The molecule has 0 spiro atoms. The van der Waals surface area contributed by atoms with E-state index in [2.05, 4.69) is 0 Å². The van der Waals surface area contributed by atoms with Gasteiger partial charge in [0.25, 0.3) is 0 Å². The van der Waals surface area contributed by atoms with E-state index in [1.54, 1.807) is 24.3 Å². The second-order valence-corrected chi connectivity index (χ2v) is 4.72. The maximum absolute atomic E-state index is 11.9. The molecule has 102 valence electrons. The van der Waals surface area contributed by atoms with E-state index in [1.165, 1.54) is 11.0 Å². The molecular weight excluding hydrogens is 262 g/mol. The van der Waals surface area contributed by atoms with E-state index in [0.29, 0.717) is 16.7 Å². The standard InChI is InChI=1S/C14H11NO5/c16-12-6-9(14(18)19)7-15(12)10-2-3-11-8(5-10)1-4-13(17)20-11/h1-5,9H,6-7H2,(H,18,19). The monoisotopic (exact) mass is 273 g/mol. The topological polar surface area (TPSA) is 87.8 Å². The van der Waals surface area contributed by atoms with Crippen molar-refractivity contribution in [1.29, 1.82) is 0 Å². The van der Waals surface area contributed by atoms with Gasteiger partial charge in [-0.15, -0.1) is 0 Å². The Kier molecular flexibility index (Phi) is 2.78. The zero-order chi connectivity index (χ0) is 14.3. The molecule has 2 heterocycles. The van der Waals surface area contributed by atoms with Crippen LogP contribution in [0.4, 0.5) is 5.69 Å². The van der Waals surface area contributed by atoms with Crippen LogP contribution in [0.2, 0.25) is 0 Å². The first-order valence-electron chi connectivity index (χ1n) is 6.12. The van der Waals surface area contributed by atoms with Crippen LogP contribution in [0.3, 0.4) is 0 Å². The maximum atomic E-state index is 11.9. The molecule has 1 saturated heterocycles. The normalized spacial score (nSPS) is 18.7. The second-order valence-electron chi connectivity index (χ2n) is 4.72. The quantitative estimate of drug-likeness (QED) is 0.831. The molecule has 1 aliphatic heterocycles. The van der Waals surface area contributed by atoms with Crippen LogP contribution in [0, 0.1) is 5.92 Å². The van der Waals surface area contributed by atoms with Gasteiger partial charge in [0.1, 0.15) is 5.58 Å². The van der Waals surface area contributed by atoms with Gasteiger partial charge in [-0.1, -0.05) is 0 Å². The molecule has 0 aliphatic carbocycles. The SMILES string of the molecule is O=C(O)C1CC(=O)N(c2ccc3oc(=O)ccc3c2)C1. The molecule has 1 aliphatic rings. The van der Waals surface area contributed by atoms with Gasteiger partial charge in [0.05, 0.1) is 5.92 Å². The number of hydrogen-bond acceptors (Lipinski definition) is 4.